The summed E-state index contributed by atoms with van der Waals surface area (Å²) in [5.74, 6) is 0.313. The Hall–Kier alpha value is -1.72. The number of thiazole rings is 1. The molecule has 0 bridgehead atoms. The summed E-state index contributed by atoms with van der Waals surface area (Å²) in [5.41, 5.74) is 2.21. The van der Waals surface area contributed by atoms with Gasteiger partial charge in [0.2, 0.25) is 5.91 Å². The van der Waals surface area contributed by atoms with Gasteiger partial charge in [0, 0.05) is 36.5 Å². The lowest BCUT2D eigenvalue weighted by atomic mass is 10.0. The van der Waals surface area contributed by atoms with Gasteiger partial charge in [-0.15, -0.1) is 11.3 Å². The number of nitrogens with zero attached hydrogens (tertiary/aromatic N) is 1. The number of rotatable bonds is 5. The van der Waals surface area contributed by atoms with Crippen molar-refractivity contribution in [2.75, 3.05) is 19.6 Å². The second kappa shape index (κ2) is 6.37. The Kier molecular flexibility index (Phi) is 4.31. The minimum atomic E-state index is 0.155. The summed E-state index contributed by atoms with van der Waals surface area (Å²) in [6, 6.07) is 10.2. The molecule has 0 aliphatic carbocycles. The van der Waals surface area contributed by atoms with E-state index in [0.29, 0.717) is 6.54 Å². The Balaban J connectivity index is 1.58. The Morgan fingerprint density at radius 1 is 1.38 bits per heavy atom. The van der Waals surface area contributed by atoms with Crippen LogP contribution in [-0.2, 0) is 11.2 Å². The molecule has 1 aliphatic heterocycles. The second-order valence-corrected chi connectivity index (χ2v) is 6.56. The first-order valence-corrected chi connectivity index (χ1v) is 8.06. The number of benzene rings is 1. The predicted molar refractivity (Wildman–Crippen MR) is 85.4 cm³/mol. The normalized spacial score (nSPS) is 14.7. The van der Waals surface area contributed by atoms with E-state index in [1.165, 1.54) is 4.88 Å². The van der Waals surface area contributed by atoms with Crippen molar-refractivity contribution in [1.82, 2.24) is 15.6 Å². The first-order valence-electron chi connectivity index (χ1n) is 7.24. The van der Waals surface area contributed by atoms with E-state index in [0.717, 1.165) is 35.8 Å². The average molecular weight is 301 g/mol. The zero-order valence-corrected chi connectivity index (χ0v) is 12.9. The molecule has 0 atom stereocenters. The van der Waals surface area contributed by atoms with Crippen LogP contribution in [0, 0.1) is 12.8 Å². The van der Waals surface area contributed by atoms with Gasteiger partial charge in [0.15, 0.2) is 0 Å². The van der Waals surface area contributed by atoms with Crippen LogP contribution in [0.1, 0.15) is 9.88 Å². The fourth-order valence-electron chi connectivity index (χ4n) is 2.33. The minimum Gasteiger partial charge on any atom is -0.355 e. The van der Waals surface area contributed by atoms with Gasteiger partial charge in [-0.05, 0) is 6.92 Å². The maximum absolute atomic E-state index is 11.7. The lowest BCUT2D eigenvalue weighted by molar-refractivity contribution is -0.126. The molecule has 1 saturated heterocycles. The Morgan fingerprint density at radius 2 is 2.14 bits per heavy atom. The molecule has 0 unspecified atom stereocenters. The van der Waals surface area contributed by atoms with Gasteiger partial charge < -0.3 is 10.6 Å². The molecule has 4 nitrogen and oxygen atoms in total. The largest absolute Gasteiger partial charge is 0.355 e. The first kappa shape index (κ1) is 14.2. The van der Waals surface area contributed by atoms with Crippen molar-refractivity contribution >= 4 is 17.2 Å². The van der Waals surface area contributed by atoms with Crippen molar-refractivity contribution in [3.63, 3.8) is 0 Å². The van der Waals surface area contributed by atoms with Crippen LogP contribution >= 0.6 is 11.3 Å². The van der Waals surface area contributed by atoms with E-state index in [-0.39, 0.29) is 11.8 Å². The smallest absolute Gasteiger partial charge is 0.225 e. The maximum atomic E-state index is 11.7. The van der Waals surface area contributed by atoms with E-state index in [9.17, 15) is 4.79 Å². The molecule has 1 aromatic heterocycles. The van der Waals surface area contributed by atoms with Gasteiger partial charge in [0.25, 0.3) is 0 Å². The molecule has 1 fully saturated rings. The monoisotopic (exact) mass is 301 g/mol. The molecule has 2 aromatic rings. The highest BCUT2D eigenvalue weighted by atomic mass is 32.1. The molecule has 110 valence electrons. The number of nitrogens with one attached hydrogen (secondary N) is 2. The van der Waals surface area contributed by atoms with Crippen LogP contribution in [0.4, 0.5) is 0 Å². The summed E-state index contributed by atoms with van der Waals surface area (Å²) in [4.78, 5) is 17.7. The van der Waals surface area contributed by atoms with E-state index in [1.54, 1.807) is 11.3 Å². The summed E-state index contributed by atoms with van der Waals surface area (Å²) in [6.07, 6.45) is 0.796. The van der Waals surface area contributed by atoms with Crippen LogP contribution in [0.5, 0.6) is 0 Å². The SMILES string of the molecule is Cc1sc(CCNC(=O)C2CNC2)nc1-c1ccccc1. The van der Waals surface area contributed by atoms with Gasteiger partial charge in [0.05, 0.1) is 16.6 Å². The summed E-state index contributed by atoms with van der Waals surface area (Å²) in [7, 11) is 0. The van der Waals surface area contributed by atoms with Crippen molar-refractivity contribution < 1.29 is 4.79 Å². The number of hydrogen-bond donors (Lipinski definition) is 2. The molecule has 5 heteroatoms. The van der Waals surface area contributed by atoms with Crippen LogP contribution in [0.25, 0.3) is 11.3 Å². The zero-order valence-electron chi connectivity index (χ0n) is 12.1. The van der Waals surface area contributed by atoms with E-state index in [2.05, 4.69) is 29.7 Å². The molecule has 0 saturated carbocycles. The first-order chi connectivity index (χ1) is 10.2. The molecule has 21 heavy (non-hydrogen) atoms. The molecule has 1 aromatic carbocycles. The summed E-state index contributed by atoms with van der Waals surface area (Å²) in [6.45, 7) is 4.37. The average Bonchev–Trinajstić information content (AvgIpc) is 2.79. The van der Waals surface area contributed by atoms with E-state index >= 15 is 0 Å². The number of carbonyl (C=O) groups is 1. The van der Waals surface area contributed by atoms with Crippen molar-refractivity contribution in [3.8, 4) is 11.3 Å². The van der Waals surface area contributed by atoms with E-state index in [1.807, 2.05) is 18.2 Å². The third-order valence-corrected chi connectivity index (χ3v) is 4.71. The van der Waals surface area contributed by atoms with Gasteiger partial charge in [-0.1, -0.05) is 30.3 Å². The van der Waals surface area contributed by atoms with E-state index < -0.39 is 0 Å². The van der Waals surface area contributed by atoms with Gasteiger partial charge in [-0.2, -0.15) is 0 Å². The number of aromatic nitrogens is 1. The molecule has 1 aliphatic rings. The Labute approximate surface area is 128 Å². The molecular weight excluding hydrogens is 282 g/mol. The van der Waals surface area contributed by atoms with Crippen molar-refractivity contribution in [2.24, 2.45) is 5.92 Å². The molecular formula is C16H19N3OS. The molecule has 2 N–H and O–H groups in total. The van der Waals surface area contributed by atoms with Crippen molar-refractivity contribution in [2.45, 2.75) is 13.3 Å². The van der Waals surface area contributed by atoms with Crippen LogP contribution in [0.3, 0.4) is 0 Å². The van der Waals surface area contributed by atoms with E-state index in [4.69, 9.17) is 4.98 Å². The lowest BCUT2D eigenvalue weighted by Crippen LogP contribution is -2.51. The Bertz CT molecular complexity index is 620. The number of carbonyl (C=O) groups excluding carboxylic acids is 1. The van der Waals surface area contributed by atoms with Crippen molar-refractivity contribution in [3.05, 3.63) is 40.2 Å². The summed E-state index contributed by atoms with van der Waals surface area (Å²) >= 11 is 1.71. The standard InChI is InChI=1S/C16H19N3OS/c1-11-15(12-5-3-2-4-6-12)19-14(21-11)7-8-18-16(20)13-9-17-10-13/h2-6,13,17H,7-10H2,1H3,(H,18,20). The van der Waals surface area contributed by atoms with Crippen LogP contribution in [-0.4, -0.2) is 30.5 Å². The lowest BCUT2D eigenvalue weighted by Gasteiger charge is -2.25. The maximum Gasteiger partial charge on any atom is 0.225 e. The summed E-state index contributed by atoms with van der Waals surface area (Å²) < 4.78 is 0. The third kappa shape index (κ3) is 3.31. The fraction of sp³-hybridized carbons (Fsp3) is 0.375. The minimum absolute atomic E-state index is 0.155. The van der Waals surface area contributed by atoms with Gasteiger partial charge in [-0.25, -0.2) is 4.98 Å². The number of aryl methyl sites for hydroxylation is 1. The predicted octanol–water partition coefficient (Wildman–Crippen LogP) is 2.00. The zero-order chi connectivity index (χ0) is 14.7. The molecule has 1 amide bonds. The van der Waals surface area contributed by atoms with Gasteiger partial charge in [0.1, 0.15) is 0 Å². The highest BCUT2D eigenvalue weighted by Crippen LogP contribution is 2.27. The highest BCUT2D eigenvalue weighted by molar-refractivity contribution is 7.12. The Morgan fingerprint density at radius 3 is 2.81 bits per heavy atom. The fourth-order valence-corrected chi connectivity index (χ4v) is 3.29. The molecule has 3 rings (SSSR count). The third-order valence-electron chi connectivity index (χ3n) is 3.68. The topological polar surface area (TPSA) is 54.0 Å². The van der Waals surface area contributed by atoms with Gasteiger partial charge in [-0.3, -0.25) is 4.79 Å². The molecule has 2 heterocycles. The van der Waals surface area contributed by atoms with Crippen molar-refractivity contribution in [1.29, 1.82) is 0 Å². The molecule has 0 radical (unpaired) electrons. The number of hydrogen-bond acceptors (Lipinski definition) is 4. The second-order valence-electron chi connectivity index (χ2n) is 5.27. The highest BCUT2D eigenvalue weighted by Gasteiger charge is 2.24. The summed E-state index contributed by atoms with van der Waals surface area (Å²) in [5, 5.41) is 7.18. The van der Waals surface area contributed by atoms with Gasteiger partial charge >= 0.3 is 0 Å². The number of amides is 1. The van der Waals surface area contributed by atoms with Crippen LogP contribution in [0.2, 0.25) is 0 Å². The quantitative estimate of drug-likeness (QED) is 0.888. The van der Waals surface area contributed by atoms with Crippen LogP contribution < -0.4 is 10.6 Å². The van der Waals surface area contributed by atoms with Crippen LogP contribution in [0.15, 0.2) is 30.3 Å². The molecule has 0 spiro atoms.